The minimum atomic E-state index is -0.00111. The fraction of sp³-hybridized carbons (Fsp3) is 0.500. The number of nitrogens with zero attached hydrogens (tertiary/aromatic N) is 1. The lowest BCUT2D eigenvalue weighted by atomic mass is 9.88. The van der Waals surface area contributed by atoms with E-state index in [1.165, 1.54) is 10.4 Å². The molecule has 0 aliphatic carbocycles. The number of rotatable bonds is 8. The average molecular weight is 529 g/mol. The third kappa shape index (κ3) is 7.55. The Bertz CT molecular complexity index is 718. The van der Waals surface area contributed by atoms with E-state index >= 15 is 0 Å². The van der Waals surface area contributed by atoms with Crippen molar-refractivity contribution in [1.29, 1.82) is 0 Å². The predicted molar refractivity (Wildman–Crippen MR) is 134 cm³/mol. The first-order chi connectivity index (χ1) is 13.7. The first-order valence-electron chi connectivity index (χ1n) is 10.1. The van der Waals surface area contributed by atoms with E-state index in [0.717, 1.165) is 51.5 Å². The van der Waals surface area contributed by atoms with Crippen LogP contribution in [0.2, 0.25) is 0 Å². The number of nitrogens with one attached hydrogen (secondary N) is 3. The molecule has 0 radical (unpaired) electrons. The summed E-state index contributed by atoms with van der Waals surface area (Å²) in [5.41, 5.74) is 1.31. The molecule has 1 aromatic carbocycles. The number of benzene rings is 1. The number of thiophene rings is 1. The Morgan fingerprint density at radius 1 is 1.14 bits per heavy atom. The molecule has 2 heterocycles. The number of hydrogen-bond acceptors (Lipinski definition) is 4. The lowest BCUT2D eigenvalue weighted by Crippen LogP contribution is -2.58. The van der Waals surface area contributed by atoms with Gasteiger partial charge in [-0.2, -0.15) is 0 Å². The zero-order chi connectivity index (χ0) is 19.7. The molecule has 0 bridgehead atoms. The van der Waals surface area contributed by atoms with Crippen molar-refractivity contribution in [2.24, 2.45) is 4.99 Å². The van der Waals surface area contributed by atoms with Gasteiger partial charge in [-0.25, -0.2) is 0 Å². The monoisotopic (exact) mass is 528 g/mol. The zero-order valence-electron chi connectivity index (χ0n) is 17.3. The van der Waals surface area contributed by atoms with Crippen molar-refractivity contribution < 1.29 is 4.74 Å². The largest absolute Gasteiger partial charge is 0.381 e. The summed E-state index contributed by atoms with van der Waals surface area (Å²) in [5.74, 6) is 0.858. The second kappa shape index (κ2) is 12.5. The van der Waals surface area contributed by atoms with Crippen molar-refractivity contribution >= 4 is 41.3 Å². The molecule has 29 heavy (non-hydrogen) atoms. The smallest absolute Gasteiger partial charge is 0.191 e. The maximum absolute atomic E-state index is 5.64. The Morgan fingerprint density at radius 2 is 1.90 bits per heavy atom. The molecule has 7 heteroatoms. The minimum Gasteiger partial charge on any atom is -0.381 e. The second-order valence-corrected chi connectivity index (χ2v) is 8.38. The standard InChI is InChI=1S/C22H32N4OS.HI/c1-18(19-7-4-3-5-8-19)26-22(11-14-27-15-12-22)17-25-21(23-2)24-13-10-20-9-6-16-28-20;/h3-9,16,18,26H,10-15,17H2,1-2H3,(H2,23,24,25);1H. The highest BCUT2D eigenvalue weighted by molar-refractivity contribution is 14.0. The molecule has 1 fully saturated rings. The molecule has 0 spiro atoms. The summed E-state index contributed by atoms with van der Waals surface area (Å²) in [5, 5.41) is 13.0. The molecule has 3 rings (SSSR count). The van der Waals surface area contributed by atoms with Gasteiger partial charge in [-0.15, -0.1) is 35.3 Å². The normalized spacial score (nSPS) is 17.2. The van der Waals surface area contributed by atoms with E-state index in [1.54, 1.807) is 11.3 Å². The van der Waals surface area contributed by atoms with Gasteiger partial charge in [0.05, 0.1) is 0 Å². The summed E-state index contributed by atoms with van der Waals surface area (Å²) in [6, 6.07) is 15.2. The van der Waals surface area contributed by atoms with Crippen LogP contribution >= 0.6 is 35.3 Å². The van der Waals surface area contributed by atoms with E-state index in [0.29, 0.717) is 0 Å². The first kappa shape index (κ1) is 24.1. The highest BCUT2D eigenvalue weighted by atomic mass is 127. The molecule has 2 aromatic rings. The van der Waals surface area contributed by atoms with Crippen molar-refractivity contribution in [3.8, 4) is 0 Å². The highest BCUT2D eigenvalue weighted by Gasteiger charge is 2.34. The van der Waals surface area contributed by atoms with Crippen molar-refractivity contribution in [2.75, 3.05) is 33.4 Å². The van der Waals surface area contributed by atoms with Gasteiger partial charge in [-0.3, -0.25) is 4.99 Å². The van der Waals surface area contributed by atoms with Gasteiger partial charge in [0.1, 0.15) is 0 Å². The third-order valence-corrected chi connectivity index (χ3v) is 6.27. The number of halogens is 1. The number of guanidine groups is 1. The molecular weight excluding hydrogens is 495 g/mol. The van der Waals surface area contributed by atoms with Crippen LogP contribution in [-0.4, -0.2) is 44.8 Å². The van der Waals surface area contributed by atoms with Gasteiger partial charge < -0.3 is 20.7 Å². The Hall–Kier alpha value is -1.16. The van der Waals surface area contributed by atoms with Crippen molar-refractivity contribution in [3.63, 3.8) is 0 Å². The summed E-state index contributed by atoms with van der Waals surface area (Å²) < 4.78 is 5.64. The summed E-state index contributed by atoms with van der Waals surface area (Å²) in [6.45, 7) is 5.53. The first-order valence-corrected chi connectivity index (χ1v) is 11.0. The Morgan fingerprint density at radius 3 is 2.55 bits per heavy atom. The molecular formula is C22H33IN4OS. The molecule has 1 aliphatic heterocycles. The lowest BCUT2D eigenvalue weighted by molar-refractivity contribution is 0.0355. The number of ether oxygens (including phenoxy) is 1. The molecule has 1 saturated heterocycles. The van der Waals surface area contributed by atoms with E-state index in [4.69, 9.17) is 4.74 Å². The van der Waals surface area contributed by atoms with Crippen LogP contribution in [0.15, 0.2) is 52.8 Å². The van der Waals surface area contributed by atoms with Gasteiger partial charge in [-0.05, 0) is 43.2 Å². The van der Waals surface area contributed by atoms with Gasteiger partial charge >= 0.3 is 0 Å². The summed E-state index contributed by atoms with van der Waals surface area (Å²) in [6.07, 6.45) is 2.99. The second-order valence-electron chi connectivity index (χ2n) is 7.35. The van der Waals surface area contributed by atoms with Crippen LogP contribution in [0.3, 0.4) is 0 Å². The third-order valence-electron chi connectivity index (χ3n) is 5.33. The van der Waals surface area contributed by atoms with Gasteiger partial charge in [0.2, 0.25) is 0 Å². The summed E-state index contributed by atoms with van der Waals surface area (Å²) >= 11 is 1.80. The maximum atomic E-state index is 5.64. The van der Waals surface area contributed by atoms with Crippen LogP contribution in [0.25, 0.3) is 0 Å². The Kier molecular flexibility index (Phi) is 10.4. The minimum absolute atomic E-state index is 0. The average Bonchev–Trinajstić information content (AvgIpc) is 3.25. The SMILES string of the molecule is CN=C(NCCc1cccs1)NCC1(NC(C)c2ccccc2)CCOCC1.I. The quantitative estimate of drug-likeness (QED) is 0.276. The van der Waals surface area contributed by atoms with Crippen molar-refractivity contribution in [2.45, 2.75) is 37.8 Å². The van der Waals surface area contributed by atoms with Gasteiger partial charge in [0.15, 0.2) is 5.96 Å². The number of aliphatic imine (C=N–C) groups is 1. The van der Waals surface area contributed by atoms with Crippen LogP contribution in [0.1, 0.15) is 36.2 Å². The Balaban J connectivity index is 0.00000300. The van der Waals surface area contributed by atoms with Gasteiger partial charge in [0, 0.05) is 49.8 Å². The van der Waals surface area contributed by atoms with E-state index < -0.39 is 0 Å². The fourth-order valence-electron chi connectivity index (χ4n) is 3.65. The molecule has 160 valence electrons. The van der Waals surface area contributed by atoms with Gasteiger partial charge in [-0.1, -0.05) is 36.4 Å². The maximum Gasteiger partial charge on any atom is 0.191 e. The van der Waals surface area contributed by atoms with Crippen LogP contribution < -0.4 is 16.0 Å². The molecule has 1 aliphatic rings. The molecule has 5 nitrogen and oxygen atoms in total. The van der Waals surface area contributed by atoms with Crippen LogP contribution in [0.5, 0.6) is 0 Å². The zero-order valence-corrected chi connectivity index (χ0v) is 20.5. The Labute approximate surface area is 195 Å². The van der Waals surface area contributed by atoms with Crippen LogP contribution in [-0.2, 0) is 11.2 Å². The van der Waals surface area contributed by atoms with E-state index in [-0.39, 0.29) is 35.6 Å². The topological polar surface area (TPSA) is 57.7 Å². The molecule has 1 unspecified atom stereocenters. The fourth-order valence-corrected chi connectivity index (χ4v) is 4.36. The van der Waals surface area contributed by atoms with E-state index in [1.807, 2.05) is 7.05 Å². The summed E-state index contributed by atoms with van der Waals surface area (Å²) in [7, 11) is 1.83. The molecule has 0 amide bonds. The van der Waals surface area contributed by atoms with Crippen molar-refractivity contribution in [1.82, 2.24) is 16.0 Å². The van der Waals surface area contributed by atoms with Crippen molar-refractivity contribution in [3.05, 3.63) is 58.3 Å². The highest BCUT2D eigenvalue weighted by Crippen LogP contribution is 2.25. The van der Waals surface area contributed by atoms with Gasteiger partial charge in [0.25, 0.3) is 0 Å². The number of hydrogen-bond donors (Lipinski definition) is 3. The predicted octanol–water partition coefficient (Wildman–Crippen LogP) is 3.97. The van der Waals surface area contributed by atoms with E-state index in [9.17, 15) is 0 Å². The molecule has 3 N–H and O–H groups in total. The van der Waals surface area contributed by atoms with Crippen LogP contribution in [0.4, 0.5) is 0 Å². The lowest BCUT2D eigenvalue weighted by Gasteiger charge is -2.41. The van der Waals surface area contributed by atoms with Crippen LogP contribution in [0, 0.1) is 0 Å². The van der Waals surface area contributed by atoms with E-state index in [2.05, 4.69) is 75.7 Å². The molecule has 1 aromatic heterocycles. The molecule has 0 saturated carbocycles. The molecule has 1 atom stereocenters. The summed E-state index contributed by atoms with van der Waals surface area (Å²) in [4.78, 5) is 5.79.